The van der Waals surface area contributed by atoms with Crippen LogP contribution in [0.3, 0.4) is 0 Å². The summed E-state index contributed by atoms with van der Waals surface area (Å²) in [6.45, 7) is 0. The van der Waals surface area contributed by atoms with Crippen LogP contribution in [0.1, 0.15) is 20.8 Å². The topological polar surface area (TPSA) is 71.1 Å². The minimum atomic E-state index is -0.693. The number of nitrogens with zero attached hydrogens (tertiary/aromatic N) is 1. The zero-order valence-corrected chi connectivity index (χ0v) is 15.5. The average Bonchev–Trinajstić information content (AvgIpc) is 2.66. The van der Waals surface area contributed by atoms with Crippen LogP contribution in [0.15, 0.2) is 54.7 Å². The summed E-state index contributed by atoms with van der Waals surface area (Å²) >= 11 is 11.3. The third-order valence-corrected chi connectivity index (χ3v) is 4.09. The van der Waals surface area contributed by atoms with Crippen LogP contribution >= 0.6 is 23.2 Å². The Morgan fingerprint density at radius 3 is 1.79 bits per heavy atom. The third-order valence-electron chi connectivity index (χ3n) is 3.62. The van der Waals surface area contributed by atoms with E-state index in [0.717, 1.165) is 18.3 Å². The van der Waals surface area contributed by atoms with Crippen molar-refractivity contribution in [2.45, 2.75) is 0 Å². The lowest BCUT2D eigenvalue weighted by molar-refractivity contribution is 0.101. The number of anilines is 2. The number of amides is 2. The van der Waals surface area contributed by atoms with Gasteiger partial charge in [-0.25, -0.2) is 8.78 Å². The SMILES string of the molecule is O=C(Nc1ccc(Cl)cc1F)c1ccc(C(=O)Nc2ccc(Cl)cc2F)nc1. The highest BCUT2D eigenvalue weighted by Gasteiger charge is 2.14. The van der Waals surface area contributed by atoms with E-state index in [0.29, 0.717) is 0 Å². The van der Waals surface area contributed by atoms with Crippen LogP contribution in [0, 0.1) is 11.6 Å². The standard InChI is InChI=1S/C19H11Cl2F2N3O2/c20-11-2-5-15(13(22)7-11)25-18(27)10-1-4-17(24-9-10)19(28)26-16-6-3-12(21)8-14(16)23/h1-9H,(H,25,27)(H,26,28). The highest BCUT2D eigenvalue weighted by Crippen LogP contribution is 2.21. The van der Waals surface area contributed by atoms with Gasteiger partial charge in [-0.3, -0.25) is 14.6 Å². The molecule has 0 saturated carbocycles. The molecule has 1 heterocycles. The number of halogens is 4. The number of hydrogen-bond acceptors (Lipinski definition) is 3. The molecule has 0 spiro atoms. The third kappa shape index (κ3) is 4.62. The maximum absolute atomic E-state index is 13.8. The molecule has 0 fully saturated rings. The summed E-state index contributed by atoms with van der Waals surface area (Å²) in [7, 11) is 0. The van der Waals surface area contributed by atoms with E-state index in [2.05, 4.69) is 15.6 Å². The van der Waals surface area contributed by atoms with Crippen molar-refractivity contribution < 1.29 is 18.4 Å². The van der Waals surface area contributed by atoms with Gasteiger partial charge in [0.25, 0.3) is 11.8 Å². The number of carbonyl (C=O) groups excluding carboxylic acids is 2. The number of aromatic nitrogens is 1. The largest absolute Gasteiger partial charge is 0.319 e. The maximum Gasteiger partial charge on any atom is 0.274 e. The Hall–Kier alpha value is -3.03. The van der Waals surface area contributed by atoms with Crippen LogP contribution in [-0.2, 0) is 0 Å². The highest BCUT2D eigenvalue weighted by molar-refractivity contribution is 6.31. The van der Waals surface area contributed by atoms with Crippen molar-refractivity contribution in [3.63, 3.8) is 0 Å². The lowest BCUT2D eigenvalue weighted by Gasteiger charge is -2.08. The van der Waals surface area contributed by atoms with Crippen molar-refractivity contribution in [3.8, 4) is 0 Å². The molecule has 0 aliphatic carbocycles. The number of benzene rings is 2. The number of pyridine rings is 1. The van der Waals surface area contributed by atoms with Crippen molar-refractivity contribution in [1.29, 1.82) is 0 Å². The van der Waals surface area contributed by atoms with Crippen LogP contribution in [0.25, 0.3) is 0 Å². The molecule has 5 nitrogen and oxygen atoms in total. The summed E-state index contributed by atoms with van der Waals surface area (Å²) in [5.74, 6) is -2.67. The van der Waals surface area contributed by atoms with Crippen LogP contribution in [0.4, 0.5) is 20.2 Å². The van der Waals surface area contributed by atoms with Gasteiger partial charge < -0.3 is 10.6 Å². The number of rotatable bonds is 4. The Bertz CT molecular complexity index is 975. The first kappa shape index (κ1) is 19.7. The summed E-state index contributed by atoms with van der Waals surface area (Å²) in [5.41, 5.74) is -0.0437. The minimum Gasteiger partial charge on any atom is -0.319 e. The molecule has 0 aliphatic rings. The molecule has 0 radical (unpaired) electrons. The van der Waals surface area contributed by atoms with E-state index in [1.54, 1.807) is 0 Å². The second-order valence-corrected chi connectivity index (χ2v) is 6.46. The molecule has 28 heavy (non-hydrogen) atoms. The van der Waals surface area contributed by atoms with Gasteiger partial charge in [0.2, 0.25) is 0 Å². The molecule has 3 rings (SSSR count). The van der Waals surface area contributed by atoms with Crippen molar-refractivity contribution in [3.05, 3.63) is 87.7 Å². The maximum atomic E-state index is 13.8. The minimum absolute atomic E-state index is 0.0384. The molecule has 2 amide bonds. The fraction of sp³-hybridized carbons (Fsp3) is 0. The van der Waals surface area contributed by atoms with Gasteiger partial charge in [-0.1, -0.05) is 23.2 Å². The van der Waals surface area contributed by atoms with Crippen LogP contribution in [-0.4, -0.2) is 16.8 Å². The van der Waals surface area contributed by atoms with Gasteiger partial charge in [-0.05, 0) is 48.5 Å². The van der Waals surface area contributed by atoms with Crippen LogP contribution in [0.5, 0.6) is 0 Å². The molecule has 0 aliphatic heterocycles. The summed E-state index contributed by atoms with van der Waals surface area (Å²) < 4.78 is 27.5. The molecular formula is C19H11Cl2F2N3O2. The molecule has 0 atom stereocenters. The van der Waals surface area contributed by atoms with Crippen LogP contribution < -0.4 is 10.6 Å². The smallest absolute Gasteiger partial charge is 0.274 e. The molecule has 0 saturated heterocycles. The summed E-state index contributed by atoms with van der Waals surface area (Å²) in [4.78, 5) is 28.2. The predicted molar refractivity (Wildman–Crippen MR) is 103 cm³/mol. The van der Waals surface area contributed by atoms with Crippen molar-refractivity contribution in [1.82, 2.24) is 4.98 Å². The lowest BCUT2D eigenvalue weighted by atomic mass is 10.2. The van der Waals surface area contributed by atoms with E-state index in [4.69, 9.17) is 23.2 Å². The van der Waals surface area contributed by atoms with Gasteiger partial charge in [-0.15, -0.1) is 0 Å². The van der Waals surface area contributed by atoms with E-state index >= 15 is 0 Å². The van der Waals surface area contributed by atoms with E-state index < -0.39 is 23.4 Å². The highest BCUT2D eigenvalue weighted by atomic mass is 35.5. The van der Waals surface area contributed by atoms with E-state index in [1.165, 1.54) is 36.4 Å². The second kappa shape index (κ2) is 8.33. The fourth-order valence-electron chi connectivity index (χ4n) is 2.23. The normalized spacial score (nSPS) is 10.4. The monoisotopic (exact) mass is 421 g/mol. The van der Waals surface area contributed by atoms with Gasteiger partial charge >= 0.3 is 0 Å². The van der Waals surface area contributed by atoms with E-state index in [1.807, 2.05) is 0 Å². The van der Waals surface area contributed by atoms with E-state index in [9.17, 15) is 18.4 Å². The first-order chi connectivity index (χ1) is 13.3. The lowest BCUT2D eigenvalue weighted by Crippen LogP contribution is -2.17. The van der Waals surface area contributed by atoms with Gasteiger partial charge in [0.1, 0.15) is 17.3 Å². The number of hydrogen-bond donors (Lipinski definition) is 2. The molecule has 2 N–H and O–H groups in total. The molecule has 0 bridgehead atoms. The summed E-state index contributed by atoms with van der Waals surface area (Å²) in [6.07, 6.45) is 1.15. The zero-order chi connectivity index (χ0) is 20.3. The van der Waals surface area contributed by atoms with Crippen molar-refractivity contribution >= 4 is 46.4 Å². The second-order valence-electron chi connectivity index (χ2n) is 5.59. The first-order valence-electron chi connectivity index (χ1n) is 7.82. The van der Waals surface area contributed by atoms with Gasteiger partial charge in [0.15, 0.2) is 0 Å². The van der Waals surface area contributed by atoms with Gasteiger partial charge in [0.05, 0.1) is 16.9 Å². The first-order valence-corrected chi connectivity index (χ1v) is 8.58. The Morgan fingerprint density at radius 1 is 0.786 bits per heavy atom. The predicted octanol–water partition coefficient (Wildman–Crippen LogP) is 5.17. The molecule has 0 unspecified atom stereocenters. The fourth-order valence-corrected chi connectivity index (χ4v) is 2.54. The van der Waals surface area contributed by atoms with Gasteiger partial charge in [0, 0.05) is 16.2 Å². The number of carbonyl (C=O) groups is 2. The van der Waals surface area contributed by atoms with Gasteiger partial charge in [-0.2, -0.15) is 0 Å². The molecule has 1 aromatic heterocycles. The van der Waals surface area contributed by atoms with E-state index in [-0.39, 0.29) is 32.7 Å². The van der Waals surface area contributed by atoms with Crippen molar-refractivity contribution in [2.75, 3.05) is 10.6 Å². The molecule has 142 valence electrons. The molecule has 2 aromatic carbocycles. The zero-order valence-electron chi connectivity index (χ0n) is 14.0. The Kier molecular flexibility index (Phi) is 5.87. The Balaban J connectivity index is 1.70. The molecule has 3 aromatic rings. The molecule has 9 heteroatoms. The Labute approximate surface area is 168 Å². The molecular weight excluding hydrogens is 411 g/mol. The summed E-state index contributed by atoms with van der Waals surface area (Å²) in [6, 6.07) is 10.3. The quantitative estimate of drug-likeness (QED) is 0.610. The average molecular weight is 422 g/mol. The number of nitrogens with one attached hydrogen (secondary N) is 2. The van der Waals surface area contributed by atoms with Crippen molar-refractivity contribution in [2.24, 2.45) is 0 Å². The Morgan fingerprint density at radius 2 is 1.32 bits per heavy atom. The summed E-state index contributed by atoms with van der Waals surface area (Å²) in [5, 5.41) is 5.13. The van der Waals surface area contributed by atoms with Crippen LogP contribution in [0.2, 0.25) is 10.0 Å².